The minimum atomic E-state index is -3.82. The first kappa shape index (κ1) is 23.2. The van der Waals surface area contributed by atoms with Gasteiger partial charge in [0.25, 0.3) is 5.91 Å². The van der Waals surface area contributed by atoms with E-state index in [4.69, 9.17) is 0 Å². The number of hydrogen-bond acceptors (Lipinski definition) is 4. The van der Waals surface area contributed by atoms with Crippen molar-refractivity contribution in [1.29, 1.82) is 0 Å². The number of benzene rings is 3. The van der Waals surface area contributed by atoms with Gasteiger partial charge in [0.1, 0.15) is 0 Å². The van der Waals surface area contributed by atoms with Gasteiger partial charge < -0.3 is 10.6 Å². The molecule has 8 heteroatoms. The summed E-state index contributed by atoms with van der Waals surface area (Å²) in [4.78, 5) is 25.3. The fourth-order valence-electron chi connectivity index (χ4n) is 3.03. The monoisotopic (exact) mass is 451 g/mol. The summed E-state index contributed by atoms with van der Waals surface area (Å²) in [5.41, 5.74) is 2.49. The second-order valence-electron chi connectivity index (χ2n) is 7.34. The van der Waals surface area contributed by atoms with E-state index < -0.39 is 22.5 Å². The van der Waals surface area contributed by atoms with Gasteiger partial charge in [0.15, 0.2) is 0 Å². The van der Waals surface area contributed by atoms with E-state index in [0.29, 0.717) is 17.8 Å². The van der Waals surface area contributed by atoms with Gasteiger partial charge in [0.05, 0.1) is 22.7 Å². The first-order valence-corrected chi connectivity index (χ1v) is 11.5. The lowest BCUT2D eigenvalue weighted by molar-refractivity contribution is -0.116. The topological polar surface area (TPSA) is 95.6 Å². The molecule has 0 spiro atoms. The summed E-state index contributed by atoms with van der Waals surface area (Å²) in [5, 5.41) is 5.47. The molecule has 0 aliphatic rings. The number of nitrogens with zero attached hydrogens (tertiary/aromatic N) is 1. The number of hydrogen-bond donors (Lipinski definition) is 2. The summed E-state index contributed by atoms with van der Waals surface area (Å²) in [6, 6.07) is 22.5. The molecule has 32 heavy (non-hydrogen) atoms. The van der Waals surface area contributed by atoms with Crippen LogP contribution in [-0.2, 0) is 21.4 Å². The average Bonchev–Trinajstić information content (AvgIpc) is 2.78. The maximum atomic E-state index is 12.7. The lowest BCUT2D eigenvalue weighted by Crippen LogP contribution is -2.35. The summed E-state index contributed by atoms with van der Waals surface area (Å²) in [7, 11) is -2.48. The van der Waals surface area contributed by atoms with Crippen molar-refractivity contribution in [3.05, 3.63) is 95.6 Å². The SMILES string of the molecule is Cc1ccc(S(=O)(=O)N(C)CC(=O)Nc2ccccc2C(=O)NCc2ccccc2)cc1. The molecule has 166 valence electrons. The zero-order valence-electron chi connectivity index (χ0n) is 17.9. The van der Waals surface area contributed by atoms with Crippen LogP contribution in [0, 0.1) is 6.92 Å². The smallest absolute Gasteiger partial charge is 0.253 e. The molecule has 3 rings (SSSR count). The summed E-state index contributed by atoms with van der Waals surface area (Å²) in [6.45, 7) is 1.82. The van der Waals surface area contributed by atoms with E-state index in [1.54, 1.807) is 36.4 Å². The highest BCUT2D eigenvalue weighted by Gasteiger charge is 2.23. The van der Waals surface area contributed by atoms with Crippen LogP contribution in [0.1, 0.15) is 21.5 Å². The molecule has 2 amide bonds. The molecule has 3 aromatic rings. The second-order valence-corrected chi connectivity index (χ2v) is 9.38. The largest absolute Gasteiger partial charge is 0.348 e. The molecule has 0 bridgehead atoms. The Bertz CT molecular complexity index is 1190. The molecule has 2 N–H and O–H groups in total. The van der Waals surface area contributed by atoms with Gasteiger partial charge in [-0.05, 0) is 36.8 Å². The predicted molar refractivity (Wildman–Crippen MR) is 124 cm³/mol. The van der Waals surface area contributed by atoms with Crippen LogP contribution in [0.5, 0.6) is 0 Å². The summed E-state index contributed by atoms with van der Waals surface area (Å²) < 4.78 is 26.4. The van der Waals surface area contributed by atoms with Gasteiger partial charge in [0.2, 0.25) is 15.9 Å². The Morgan fingerprint density at radius 1 is 0.875 bits per heavy atom. The maximum Gasteiger partial charge on any atom is 0.253 e. The van der Waals surface area contributed by atoms with Crippen molar-refractivity contribution >= 4 is 27.5 Å². The van der Waals surface area contributed by atoms with Gasteiger partial charge in [-0.15, -0.1) is 0 Å². The molecule has 0 aliphatic carbocycles. The summed E-state index contributed by atoms with van der Waals surface area (Å²) >= 11 is 0. The van der Waals surface area contributed by atoms with Crippen molar-refractivity contribution in [3.8, 4) is 0 Å². The van der Waals surface area contributed by atoms with E-state index in [2.05, 4.69) is 10.6 Å². The molecule has 3 aromatic carbocycles. The Hall–Kier alpha value is -3.49. The number of likely N-dealkylation sites (N-methyl/N-ethyl adjacent to an activating group) is 1. The van der Waals surface area contributed by atoms with Crippen molar-refractivity contribution in [1.82, 2.24) is 9.62 Å². The fraction of sp³-hybridized carbons (Fsp3) is 0.167. The number of nitrogens with one attached hydrogen (secondary N) is 2. The first-order chi connectivity index (χ1) is 15.3. The molecule has 0 aliphatic heterocycles. The van der Waals surface area contributed by atoms with Crippen molar-refractivity contribution in [3.63, 3.8) is 0 Å². The molecular formula is C24H25N3O4S. The Morgan fingerprint density at radius 2 is 1.50 bits per heavy atom. The third-order valence-electron chi connectivity index (χ3n) is 4.84. The Kier molecular flexibility index (Phi) is 7.40. The minimum absolute atomic E-state index is 0.110. The normalized spacial score (nSPS) is 11.2. The Balaban J connectivity index is 1.66. The number of carbonyl (C=O) groups is 2. The molecule has 0 fully saturated rings. The summed E-state index contributed by atoms with van der Waals surface area (Å²) in [5.74, 6) is -0.892. The number of para-hydroxylation sites is 1. The minimum Gasteiger partial charge on any atom is -0.348 e. The molecule has 0 heterocycles. The van der Waals surface area contributed by atoms with E-state index in [1.165, 1.54) is 19.2 Å². The number of aryl methyl sites for hydroxylation is 1. The molecule has 0 saturated carbocycles. The molecule has 0 atom stereocenters. The van der Waals surface area contributed by atoms with E-state index in [9.17, 15) is 18.0 Å². The predicted octanol–water partition coefficient (Wildman–Crippen LogP) is 3.18. The average molecular weight is 452 g/mol. The quantitative estimate of drug-likeness (QED) is 0.550. The lowest BCUT2D eigenvalue weighted by Gasteiger charge is -2.18. The van der Waals surface area contributed by atoms with Crippen LogP contribution >= 0.6 is 0 Å². The maximum absolute atomic E-state index is 12.7. The molecule has 7 nitrogen and oxygen atoms in total. The highest BCUT2D eigenvalue weighted by molar-refractivity contribution is 7.89. The number of rotatable bonds is 8. The summed E-state index contributed by atoms with van der Waals surface area (Å²) in [6.07, 6.45) is 0. The second kappa shape index (κ2) is 10.2. The van der Waals surface area contributed by atoms with E-state index in [-0.39, 0.29) is 10.8 Å². The third-order valence-corrected chi connectivity index (χ3v) is 6.65. The fourth-order valence-corrected chi connectivity index (χ4v) is 4.16. The Labute approximate surface area is 188 Å². The highest BCUT2D eigenvalue weighted by Crippen LogP contribution is 2.17. The van der Waals surface area contributed by atoms with Crippen LogP contribution < -0.4 is 10.6 Å². The van der Waals surface area contributed by atoms with Gasteiger partial charge in [-0.25, -0.2) is 8.42 Å². The standard InChI is InChI=1S/C24H25N3O4S/c1-18-12-14-20(15-13-18)32(30,31)27(2)17-23(28)26-22-11-7-6-10-21(22)24(29)25-16-19-8-4-3-5-9-19/h3-15H,16-17H2,1-2H3,(H,25,29)(H,26,28). The number of carbonyl (C=O) groups excluding carboxylic acids is 2. The van der Waals surface area contributed by atoms with Crippen molar-refractivity contribution < 1.29 is 18.0 Å². The molecule has 0 unspecified atom stereocenters. The molecule has 0 aromatic heterocycles. The number of amides is 2. The van der Waals surface area contributed by atoms with E-state index in [1.807, 2.05) is 37.3 Å². The highest BCUT2D eigenvalue weighted by atomic mass is 32.2. The Morgan fingerprint density at radius 3 is 2.19 bits per heavy atom. The van der Waals surface area contributed by atoms with Gasteiger partial charge in [-0.3, -0.25) is 9.59 Å². The molecule has 0 radical (unpaired) electrons. The van der Waals surface area contributed by atoms with Crippen LogP contribution in [0.2, 0.25) is 0 Å². The zero-order chi connectivity index (χ0) is 23.1. The van der Waals surface area contributed by atoms with Crippen LogP contribution in [-0.4, -0.2) is 38.1 Å². The number of anilines is 1. The molecular weight excluding hydrogens is 426 g/mol. The number of sulfonamides is 1. The van der Waals surface area contributed by atoms with Crippen LogP contribution in [0.25, 0.3) is 0 Å². The van der Waals surface area contributed by atoms with Crippen molar-refractivity contribution in [2.75, 3.05) is 18.9 Å². The lowest BCUT2D eigenvalue weighted by atomic mass is 10.1. The van der Waals surface area contributed by atoms with Gasteiger partial charge in [0, 0.05) is 13.6 Å². The third kappa shape index (κ3) is 5.81. The van der Waals surface area contributed by atoms with Crippen LogP contribution in [0.15, 0.2) is 83.8 Å². The van der Waals surface area contributed by atoms with Gasteiger partial charge in [-0.2, -0.15) is 4.31 Å². The van der Waals surface area contributed by atoms with Crippen molar-refractivity contribution in [2.45, 2.75) is 18.4 Å². The van der Waals surface area contributed by atoms with Gasteiger partial charge in [-0.1, -0.05) is 60.2 Å². The van der Waals surface area contributed by atoms with E-state index in [0.717, 1.165) is 15.4 Å². The first-order valence-electron chi connectivity index (χ1n) is 10.0. The van der Waals surface area contributed by atoms with E-state index >= 15 is 0 Å². The van der Waals surface area contributed by atoms with Crippen LogP contribution in [0.4, 0.5) is 5.69 Å². The van der Waals surface area contributed by atoms with Crippen LogP contribution in [0.3, 0.4) is 0 Å². The van der Waals surface area contributed by atoms with Gasteiger partial charge >= 0.3 is 0 Å². The molecule has 0 saturated heterocycles. The van der Waals surface area contributed by atoms with Crippen molar-refractivity contribution in [2.24, 2.45) is 0 Å². The zero-order valence-corrected chi connectivity index (χ0v) is 18.7.